The van der Waals surface area contributed by atoms with Crippen LogP contribution in [0.3, 0.4) is 0 Å². The topological polar surface area (TPSA) is 88.3 Å². The van der Waals surface area contributed by atoms with Gasteiger partial charge in [0.05, 0.1) is 12.8 Å². The number of rotatable bonds is 5. The Labute approximate surface area is 142 Å². The molecule has 7 nitrogen and oxygen atoms in total. The minimum Gasteiger partial charge on any atom is -0.338 e. The van der Waals surface area contributed by atoms with Crippen molar-refractivity contribution in [2.24, 2.45) is 0 Å². The van der Waals surface area contributed by atoms with Crippen molar-refractivity contribution < 1.29 is 12.9 Å². The molecule has 130 valence electrons. The van der Waals surface area contributed by atoms with Crippen molar-refractivity contribution in [1.82, 2.24) is 19.8 Å². The molecule has 0 bridgehead atoms. The second-order valence-corrected chi connectivity index (χ2v) is 8.13. The fraction of sp³-hybridized carbons (Fsp3) is 0.500. The summed E-state index contributed by atoms with van der Waals surface area (Å²) in [6.07, 6.45) is 2.82. The van der Waals surface area contributed by atoms with E-state index in [1.54, 1.807) is 0 Å². The lowest BCUT2D eigenvalue weighted by Gasteiger charge is -2.30. The maximum atomic E-state index is 11.5. The van der Waals surface area contributed by atoms with Crippen molar-refractivity contribution in [3.63, 3.8) is 0 Å². The van der Waals surface area contributed by atoms with Gasteiger partial charge in [0.1, 0.15) is 0 Å². The van der Waals surface area contributed by atoms with E-state index in [0.717, 1.165) is 24.0 Å². The highest BCUT2D eigenvalue weighted by Crippen LogP contribution is 2.20. The van der Waals surface area contributed by atoms with Gasteiger partial charge >= 0.3 is 0 Å². The molecule has 1 aromatic carbocycles. The zero-order valence-corrected chi connectivity index (χ0v) is 14.7. The van der Waals surface area contributed by atoms with Gasteiger partial charge in [-0.1, -0.05) is 29.4 Å². The third-order valence-electron chi connectivity index (χ3n) is 4.32. The van der Waals surface area contributed by atoms with E-state index in [1.165, 1.54) is 10.6 Å². The first-order valence-corrected chi connectivity index (χ1v) is 9.85. The molecule has 1 fully saturated rings. The van der Waals surface area contributed by atoms with Gasteiger partial charge in [-0.3, -0.25) is 0 Å². The van der Waals surface area contributed by atoms with Gasteiger partial charge in [-0.15, -0.1) is 0 Å². The minimum absolute atomic E-state index is 0.261. The van der Waals surface area contributed by atoms with Crippen molar-refractivity contribution in [3.05, 3.63) is 35.7 Å². The molecule has 0 spiro atoms. The molecule has 2 aromatic rings. The largest absolute Gasteiger partial charge is 0.338 e. The summed E-state index contributed by atoms with van der Waals surface area (Å²) in [5, 5.41) is 7.41. The van der Waals surface area contributed by atoms with E-state index in [1.807, 2.05) is 31.2 Å². The van der Waals surface area contributed by atoms with Crippen molar-refractivity contribution in [3.8, 4) is 11.4 Å². The van der Waals surface area contributed by atoms with Crippen LogP contribution in [0, 0.1) is 6.92 Å². The van der Waals surface area contributed by atoms with Crippen LogP contribution in [0.4, 0.5) is 0 Å². The van der Waals surface area contributed by atoms with Crippen LogP contribution < -0.4 is 5.32 Å². The molecule has 1 aromatic heterocycles. The van der Waals surface area contributed by atoms with E-state index >= 15 is 0 Å². The van der Waals surface area contributed by atoms with Crippen molar-refractivity contribution in [2.45, 2.75) is 32.4 Å². The first kappa shape index (κ1) is 17.1. The molecular weight excluding hydrogens is 328 g/mol. The zero-order valence-electron chi connectivity index (χ0n) is 13.9. The summed E-state index contributed by atoms with van der Waals surface area (Å²) in [4.78, 5) is 4.43. The summed E-state index contributed by atoms with van der Waals surface area (Å²) < 4.78 is 29.9. The smallest absolute Gasteiger partial charge is 0.240 e. The Hall–Kier alpha value is -1.77. The molecule has 1 aliphatic heterocycles. The number of aromatic nitrogens is 2. The SMILES string of the molecule is Cc1ccccc1-c1noc(CNC2CCN(S(C)(=O)=O)CC2)n1. The van der Waals surface area contributed by atoms with Gasteiger partial charge in [0.25, 0.3) is 0 Å². The highest BCUT2D eigenvalue weighted by Gasteiger charge is 2.24. The molecule has 24 heavy (non-hydrogen) atoms. The summed E-state index contributed by atoms with van der Waals surface area (Å²) >= 11 is 0. The predicted molar refractivity (Wildman–Crippen MR) is 90.7 cm³/mol. The van der Waals surface area contributed by atoms with Crippen molar-refractivity contribution in [2.75, 3.05) is 19.3 Å². The second kappa shape index (κ2) is 7.00. The molecule has 3 rings (SSSR count). The maximum Gasteiger partial charge on any atom is 0.240 e. The standard InChI is InChI=1S/C16H22N4O3S/c1-12-5-3-4-6-14(12)16-18-15(23-19-16)11-17-13-7-9-20(10-8-13)24(2,21)22/h3-6,13,17H,7-11H2,1-2H3. The van der Waals surface area contributed by atoms with E-state index in [2.05, 4.69) is 15.5 Å². The zero-order chi connectivity index (χ0) is 17.2. The van der Waals surface area contributed by atoms with Gasteiger partial charge in [0.2, 0.25) is 21.7 Å². The van der Waals surface area contributed by atoms with Crippen LogP contribution in [0.15, 0.2) is 28.8 Å². The number of piperidine rings is 1. The molecule has 0 saturated carbocycles. The van der Waals surface area contributed by atoms with E-state index in [0.29, 0.717) is 31.3 Å². The van der Waals surface area contributed by atoms with E-state index in [-0.39, 0.29) is 6.04 Å². The number of aryl methyl sites for hydroxylation is 1. The first-order chi connectivity index (χ1) is 11.4. The first-order valence-electron chi connectivity index (χ1n) is 8.00. The Morgan fingerprint density at radius 3 is 2.67 bits per heavy atom. The van der Waals surface area contributed by atoms with Gasteiger partial charge in [-0.25, -0.2) is 12.7 Å². The van der Waals surface area contributed by atoms with E-state index in [9.17, 15) is 8.42 Å². The Balaban J connectivity index is 1.55. The van der Waals surface area contributed by atoms with Gasteiger partial charge < -0.3 is 9.84 Å². The molecule has 0 radical (unpaired) electrons. The van der Waals surface area contributed by atoms with Crippen LogP contribution in [0.1, 0.15) is 24.3 Å². The Kier molecular flexibility index (Phi) is 4.98. The molecule has 1 aliphatic rings. The summed E-state index contributed by atoms with van der Waals surface area (Å²) in [5.41, 5.74) is 2.07. The Bertz CT molecular complexity index is 795. The second-order valence-electron chi connectivity index (χ2n) is 6.14. The summed E-state index contributed by atoms with van der Waals surface area (Å²) in [5.74, 6) is 1.13. The van der Waals surface area contributed by atoms with Crippen molar-refractivity contribution in [1.29, 1.82) is 0 Å². The molecule has 0 unspecified atom stereocenters. The Morgan fingerprint density at radius 1 is 1.29 bits per heavy atom. The monoisotopic (exact) mass is 350 g/mol. The average molecular weight is 350 g/mol. The third-order valence-corrected chi connectivity index (χ3v) is 5.62. The fourth-order valence-electron chi connectivity index (χ4n) is 2.88. The van der Waals surface area contributed by atoms with Crippen LogP contribution in [-0.4, -0.2) is 48.3 Å². The van der Waals surface area contributed by atoms with Crippen LogP contribution in [0.2, 0.25) is 0 Å². The number of hydrogen-bond donors (Lipinski definition) is 1. The van der Waals surface area contributed by atoms with Crippen LogP contribution in [0.5, 0.6) is 0 Å². The molecular formula is C16H22N4O3S. The predicted octanol–water partition coefficient (Wildman–Crippen LogP) is 1.56. The Morgan fingerprint density at radius 2 is 2.00 bits per heavy atom. The summed E-state index contributed by atoms with van der Waals surface area (Å²) in [6, 6.07) is 8.17. The van der Waals surface area contributed by atoms with E-state index in [4.69, 9.17) is 4.52 Å². The van der Waals surface area contributed by atoms with Crippen LogP contribution in [-0.2, 0) is 16.6 Å². The van der Waals surface area contributed by atoms with E-state index < -0.39 is 10.0 Å². The highest BCUT2D eigenvalue weighted by atomic mass is 32.2. The number of benzene rings is 1. The van der Waals surface area contributed by atoms with Crippen LogP contribution >= 0.6 is 0 Å². The molecule has 0 amide bonds. The highest BCUT2D eigenvalue weighted by molar-refractivity contribution is 7.88. The minimum atomic E-state index is -3.08. The summed E-state index contributed by atoms with van der Waals surface area (Å²) in [7, 11) is -3.08. The molecule has 0 atom stereocenters. The lowest BCUT2D eigenvalue weighted by atomic mass is 10.1. The average Bonchev–Trinajstić information content (AvgIpc) is 3.02. The molecule has 1 saturated heterocycles. The lowest BCUT2D eigenvalue weighted by Crippen LogP contribution is -2.44. The van der Waals surface area contributed by atoms with Gasteiger partial charge in [-0.2, -0.15) is 4.98 Å². The number of hydrogen-bond acceptors (Lipinski definition) is 6. The van der Waals surface area contributed by atoms with Crippen molar-refractivity contribution >= 4 is 10.0 Å². The molecule has 2 heterocycles. The van der Waals surface area contributed by atoms with Gasteiger partial charge in [0, 0.05) is 24.7 Å². The molecule has 8 heteroatoms. The summed E-state index contributed by atoms with van der Waals surface area (Å²) in [6.45, 7) is 3.60. The number of sulfonamides is 1. The third kappa shape index (κ3) is 4.00. The quantitative estimate of drug-likeness (QED) is 0.880. The molecule has 0 aliphatic carbocycles. The van der Waals surface area contributed by atoms with Crippen LogP contribution in [0.25, 0.3) is 11.4 Å². The number of nitrogens with one attached hydrogen (secondary N) is 1. The fourth-order valence-corrected chi connectivity index (χ4v) is 3.76. The normalized spacial score (nSPS) is 17.2. The molecule has 1 N–H and O–H groups in total. The number of nitrogens with zero attached hydrogens (tertiary/aromatic N) is 3. The van der Waals surface area contributed by atoms with Gasteiger partial charge in [-0.05, 0) is 25.3 Å². The lowest BCUT2D eigenvalue weighted by molar-refractivity contribution is 0.278. The maximum absolute atomic E-state index is 11.5. The van der Waals surface area contributed by atoms with Gasteiger partial charge in [0.15, 0.2) is 0 Å².